The predicted molar refractivity (Wildman–Crippen MR) is 73.6 cm³/mol. The number of anilines is 1. The first-order valence-corrected chi connectivity index (χ1v) is 6.07. The fourth-order valence-electron chi connectivity index (χ4n) is 1.93. The molecule has 1 atom stereocenters. The van der Waals surface area contributed by atoms with E-state index in [0.717, 1.165) is 17.1 Å². The number of hydrogen-bond donors (Lipinski definition) is 2. The molecule has 0 saturated carbocycles. The second kappa shape index (κ2) is 5.65. The number of nitrogens with zero attached hydrogens (tertiary/aromatic N) is 1. The van der Waals surface area contributed by atoms with E-state index in [9.17, 15) is 5.11 Å². The van der Waals surface area contributed by atoms with E-state index >= 15 is 0 Å². The van der Waals surface area contributed by atoms with Crippen LogP contribution in [0.1, 0.15) is 22.9 Å². The standard InChI is InChI=1S/C15H18N2O/c1-11-8-12(2)17-15(9-11)16-10-14(18)13-6-4-3-5-7-13/h3-9,14,18H,10H2,1-2H3,(H,16,17). The van der Waals surface area contributed by atoms with Crippen molar-refractivity contribution in [3.05, 3.63) is 59.3 Å². The quantitative estimate of drug-likeness (QED) is 0.866. The number of aliphatic hydroxyl groups is 1. The van der Waals surface area contributed by atoms with E-state index in [-0.39, 0.29) is 0 Å². The Balaban J connectivity index is 1.99. The number of benzene rings is 1. The minimum Gasteiger partial charge on any atom is -0.387 e. The predicted octanol–water partition coefficient (Wildman–Crippen LogP) is 2.84. The zero-order chi connectivity index (χ0) is 13.0. The first kappa shape index (κ1) is 12.6. The van der Waals surface area contributed by atoms with Crippen molar-refractivity contribution < 1.29 is 5.11 Å². The van der Waals surface area contributed by atoms with Gasteiger partial charge >= 0.3 is 0 Å². The number of rotatable bonds is 4. The lowest BCUT2D eigenvalue weighted by Crippen LogP contribution is -2.13. The van der Waals surface area contributed by atoms with Crippen molar-refractivity contribution >= 4 is 5.82 Å². The van der Waals surface area contributed by atoms with Crippen LogP contribution in [0, 0.1) is 13.8 Å². The average molecular weight is 242 g/mol. The van der Waals surface area contributed by atoms with Crippen molar-refractivity contribution in [1.82, 2.24) is 4.98 Å². The molecule has 3 nitrogen and oxygen atoms in total. The Morgan fingerprint density at radius 3 is 2.56 bits per heavy atom. The van der Waals surface area contributed by atoms with Gasteiger partial charge in [0.2, 0.25) is 0 Å². The molecule has 3 heteroatoms. The van der Waals surface area contributed by atoms with Crippen LogP contribution in [0.3, 0.4) is 0 Å². The molecule has 0 spiro atoms. The molecular formula is C15H18N2O. The lowest BCUT2D eigenvalue weighted by Gasteiger charge is -2.13. The average Bonchev–Trinajstić information content (AvgIpc) is 2.36. The summed E-state index contributed by atoms with van der Waals surface area (Å²) < 4.78 is 0. The molecule has 1 aromatic heterocycles. The molecule has 1 aromatic carbocycles. The Kier molecular flexibility index (Phi) is 3.95. The maximum Gasteiger partial charge on any atom is 0.126 e. The summed E-state index contributed by atoms with van der Waals surface area (Å²) >= 11 is 0. The van der Waals surface area contributed by atoms with Crippen molar-refractivity contribution in [2.45, 2.75) is 20.0 Å². The molecule has 0 fully saturated rings. The van der Waals surface area contributed by atoms with Crippen LogP contribution in [0.5, 0.6) is 0 Å². The van der Waals surface area contributed by atoms with Gasteiger partial charge in [-0.1, -0.05) is 30.3 Å². The van der Waals surface area contributed by atoms with Crippen molar-refractivity contribution in [2.24, 2.45) is 0 Å². The van der Waals surface area contributed by atoms with Crippen molar-refractivity contribution in [2.75, 3.05) is 11.9 Å². The third-order valence-electron chi connectivity index (χ3n) is 2.76. The summed E-state index contributed by atoms with van der Waals surface area (Å²) in [7, 11) is 0. The van der Waals surface area contributed by atoms with E-state index in [1.54, 1.807) is 0 Å². The second-order valence-electron chi connectivity index (χ2n) is 4.48. The normalized spacial score (nSPS) is 12.2. The molecule has 2 rings (SSSR count). The zero-order valence-corrected chi connectivity index (χ0v) is 10.7. The number of nitrogens with one attached hydrogen (secondary N) is 1. The second-order valence-corrected chi connectivity index (χ2v) is 4.48. The molecule has 0 aliphatic heterocycles. The Bertz CT molecular complexity index is 491. The van der Waals surface area contributed by atoms with Gasteiger partial charge in [0.1, 0.15) is 5.82 Å². The fraction of sp³-hybridized carbons (Fsp3) is 0.267. The van der Waals surface area contributed by atoms with E-state index in [1.807, 2.05) is 56.3 Å². The van der Waals surface area contributed by atoms with Crippen LogP contribution in [0.15, 0.2) is 42.5 Å². The molecule has 0 amide bonds. The number of pyridine rings is 1. The molecule has 18 heavy (non-hydrogen) atoms. The highest BCUT2D eigenvalue weighted by Crippen LogP contribution is 2.14. The summed E-state index contributed by atoms with van der Waals surface area (Å²) in [5, 5.41) is 13.2. The van der Waals surface area contributed by atoms with Crippen molar-refractivity contribution in [3.63, 3.8) is 0 Å². The van der Waals surface area contributed by atoms with Crippen LogP contribution < -0.4 is 5.32 Å². The van der Waals surface area contributed by atoms with E-state index in [4.69, 9.17) is 0 Å². The molecule has 0 aliphatic carbocycles. The molecule has 1 heterocycles. The maximum absolute atomic E-state index is 10.0. The molecule has 2 N–H and O–H groups in total. The highest BCUT2D eigenvalue weighted by molar-refractivity contribution is 5.39. The van der Waals surface area contributed by atoms with Crippen LogP contribution in [0.4, 0.5) is 5.82 Å². The first-order valence-electron chi connectivity index (χ1n) is 6.07. The van der Waals surface area contributed by atoms with Crippen LogP contribution in [-0.2, 0) is 0 Å². The lowest BCUT2D eigenvalue weighted by atomic mass is 10.1. The number of aliphatic hydroxyl groups excluding tert-OH is 1. The summed E-state index contributed by atoms with van der Waals surface area (Å²) in [6.45, 7) is 4.46. The molecule has 0 radical (unpaired) electrons. The minimum atomic E-state index is -0.520. The van der Waals surface area contributed by atoms with E-state index in [2.05, 4.69) is 10.3 Å². The Hall–Kier alpha value is -1.87. The highest BCUT2D eigenvalue weighted by atomic mass is 16.3. The molecule has 94 valence electrons. The minimum absolute atomic E-state index is 0.458. The Morgan fingerprint density at radius 1 is 1.17 bits per heavy atom. The van der Waals surface area contributed by atoms with Gasteiger partial charge in [-0.25, -0.2) is 4.98 Å². The SMILES string of the molecule is Cc1cc(C)nc(NCC(O)c2ccccc2)c1. The fourth-order valence-corrected chi connectivity index (χ4v) is 1.93. The topological polar surface area (TPSA) is 45.2 Å². The summed E-state index contributed by atoms with van der Waals surface area (Å²) in [4.78, 5) is 4.38. The highest BCUT2D eigenvalue weighted by Gasteiger charge is 2.06. The molecular weight excluding hydrogens is 224 g/mol. The van der Waals surface area contributed by atoms with Crippen LogP contribution in [0.2, 0.25) is 0 Å². The number of aryl methyl sites for hydroxylation is 2. The summed E-state index contributed by atoms with van der Waals surface area (Å²) in [5.74, 6) is 0.808. The molecule has 0 aliphatic rings. The van der Waals surface area contributed by atoms with Gasteiger partial charge in [0.25, 0.3) is 0 Å². The number of hydrogen-bond acceptors (Lipinski definition) is 3. The van der Waals surface area contributed by atoms with Gasteiger partial charge < -0.3 is 10.4 Å². The maximum atomic E-state index is 10.0. The lowest BCUT2D eigenvalue weighted by molar-refractivity contribution is 0.191. The van der Waals surface area contributed by atoms with Crippen LogP contribution in [0.25, 0.3) is 0 Å². The third kappa shape index (κ3) is 3.31. The van der Waals surface area contributed by atoms with Gasteiger partial charge in [-0.15, -0.1) is 0 Å². The van der Waals surface area contributed by atoms with Crippen molar-refractivity contribution in [3.8, 4) is 0 Å². The van der Waals surface area contributed by atoms with E-state index < -0.39 is 6.10 Å². The molecule has 0 saturated heterocycles. The van der Waals surface area contributed by atoms with E-state index in [0.29, 0.717) is 6.54 Å². The largest absolute Gasteiger partial charge is 0.387 e. The van der Waals surface area contributed by atoms with Crippen LogP contribution >= 0.6 is 0 Å². The summed E-state index contributed by atoms with van der Waals surface area (Å²) in [6, 6.07) is 13.6. The monoisotopic (exact) mass is 242 g/mol. The Labute approximate surface area is 108 Å². The van der Waals surface area contributed by atoms with Crippen LogP contribution in [-0.4, -0.2) is 16.6 Å². The molecule has 0 bridgehead atoms. The van der Waals surface area contributed by atoms with Gasteiger partial charge in [0.05, 0.1) is 6.10 Å². The summed E-state index contributed by atoms with van der Waals surface area (Å²) in [6.07, 6.45) is -0.520. The molecule has 1 unspecified atom stereocenters. The van der Waals surface area contributed by atoms with Gasteiger partial charge in [0.15, 0.2) is 0 Å². The van der Waals surface area contributed by atoms with E-state index in [1.165, 1.54) is 5.56 Å². The third-order valence-corrected chi connectivity index (χ3v) is 2.76. The van der Waals surface area contributed by atoms with Gasteiger partial charge in [-0.05, 0) is 37.1 Å². The van der Waals surface area contributed by atoms with Gasteiger partial charge in [0, 0.05) is 12.2 Å². The first-order chi connectivity index (χ1) is 8.65. The molecule has 2 aromatic rings. The van der Waals surface area contributed by atoms with Gasteiger partial charge in [-0.2, -0.15) is 0 Å². The summed E-state index contributed by atoms with van der Waals surface area (Å²) in [5.41, 5.74) is 3.06. The number of aromatic nitrogens is 1. The zero-order valence-electron chi connectivity index (χ0n) is 10.7. The van der Waals surface area contributed by atoms with Gasteiger partial charge in [-0.3, -0.25) is 0 Å². The van der Waals surface area contributed by atoms with Crippen molar-refractivity contribution in [1.29, 1.82) is 0 Å². The smallest absolute Gasteiger partial charge is 0.126 e. The Morgan fingerprint density at radius 2 is 1.89 bits per heavy atom.